The molecule has 0 fully saturated rings. The molecule has 0 saturated heterocycles. The van der Waals surface area contributed by atoms with E-state index in [4.69, 9.17) is 10.5 Å². The van der Waals surface area contributed by atoms with E-state index in [0.717, 1.165) is 11.3 Å². The fourth-order valence-corrected chi connectivity index (χ4v) is 2.90. The first-order valence-corrected chi connectivity index (χ1v) is 7.24. The lowest BCUT2D eigenvalue weighted by molar-refractivity contribution is -0.0116. The van der Waals surface area contributed by atoms with Crippen LogP contribution in [0.4, 0.5) is 5.82 Å². The van der Waals surface area contributed by atoms with Gasteiger partial charge in [-0.05, 0) is 12.1 Å². The van der Waals surface area contributed by atoms with Crippen LogP contribution >= 0.6 is 0 Å². The molecule has 0 saturated carbocycles. The van der Waals surface area contributed by atoms with E-state index in [2.05, 4.69) is 15.0 Å². The molecule has 4 rings (SSSR count). The molecule has 1 aliphatic heterocycles. The minimum atomic E-state index is -1.32. The van der Waals surface area contributed by atoms with Gasteiger partial charge < -0.3 is 30.8 Å². The topological polar surface area (TPSA) is 142 Å². The standard InChI is InChI=1S/C15H15N5O4/c16-13-10-7(8-2-1-3-17-8)4-20(14(10)19-6-18-13)15-12(23)11(22)9(5-21)24-15/h1-4,6,12,15,17,21-23H,5H2,(H2,16,18,19)/t12?,15-/m1/s1. The molecule has 9 heteroatoms. The molecule has 124 valence electrons. The van der Waals surface area contributed by atoms with Gasteiger partial charge in [0, 0.05) is 23.7 Å². The molecule has 0 bridgehead atoms. The number of hydrogen-bond acceptors (Lipinski definition) is 7. The largest absolute Gasteiger partial charge is 0.506 e. The SMILES string of the molecule is Nc1ncnc2c1c(-c1ccc[nH]1)cn2[C@@H]1OC(CO)=C(O)C1O. The first-order chi connectivity index (χ1) is 11.6. The van der Waals surface area contributed by atoms with Crippen molar-refractivity contribution in [2.24, 2.45) is 0 Å². The van der Waals surface area contributed by atoms with Crippen molar-refractivity contribution in [2.75, 3.05) is 12.3 Å². The summed E-state index contributed by atoms with van der Waals surface area (Å²) >= 11 is 0. The molecule has 1 aliphatic rings. The zero-order valence-electron chi connectivity index (χ0n) is 12.4. The number of rotatable bonds is 3. The number of nitrogens with zero attached hydrogens (tertiary/aromatic N) is 3. The lowest BCUT2D eigenvalue weighted by Crippen LogP contribution is -2.22. The second-order valence-electron chi connectivity index (χ2n) is 5.41. The Morgan fingerprint density at radius 3 is 2.88 bits per heavy atom. The quantitative estimate of drug-likeness (QED) is 0.475. The van der Waals surface area contributed by atoms with E-state index in [1.807, 2.05) is 12.1 Å². The van der Waals surface area contributed by atoms with Gasteiger partial charge in [-0.25, -0.2) is 9.97 Å². The second-order valence-corrected chi connectivity index (χ2v) is 5.41. The molecule has 4 heterocycles. The molecule has 6 N–H and O–H groups in total. The number of aliphatic hydroxyl groups excluding tert-OH is 3. The number of nitrogens with one attached hydrogen (secondary N) is 1. The first kappa shape index (κ1) is 14.5. The Morgan fingerprint density at radius 1 is 1.38 bits per heavy atom. The van der Waals surface area contributed by atoms with Crippen molar-refractivity contribution in [3.63, 3.8) is 0 Å². The number of aromatic nitrogens is 4. The average Bonchev–Trinajstić information content (AvgIpc) is 3.28. The van der Waals surface area contributed by atoms with Gasteiger partial charge in [0.1, 0.15) is 24.4 Å². The maximum Gasteiger partial charge on any atom is 0.210 e. The van der Waals surface area contributed by atoms with Gasteiger partial charge in [0.25, 0.3) is 0 Å². The van der Waals surface area contributed by atoms with Crippen molar-refractivity contribution in [3.05, 3.63) is 42.4 Å². The molecule has 0 spiro atoms. The van der Waals surface area contributed by atoms with Crippen LogP contribution in [0.15, 0.2) is 42.4 Å². The summed E-state index contributed by atoms with van der Waals surface area (Å²) in [5.74, 6) is -0.180. The number of hydrogen-bond donors (Lipinski definition) is 5. The Balaban J connectivity index is 1.91. The molecule has 0 amide bonds. The summed E-state index contributed by atoms with van der Waals surface area (Å²) in [5.41, 5.74) is 7.99. The molecule has 0 aromatic carbocycles. The van der Waals surface area contributed by atoms with Gasteiger partial charge in [0.2, 0.25) is 6.23 Å². The van der Waals surface area contributed by atoms with E-state index < -0.39 is 24.7 Å². The zero-order valence-corrected chi connectivity index (χ0v) is 12.4. The summed E-state index contributed by atoms with van der Waals surface area (Å²) in [4.78, 5) is 11.3. The van der Waals surface area contributed by atoms with Crippen molar-refractivity contribution >= 4 is 16.9 Å². The number of nitrogen functional groups attached to an aromatic ring is 1. The third-order valence-electron chi connectivity index (χ3n) is 4.04. The van der Waals surface area contributed by atoms with Gasteiger partial charge in [0.15, 0.2) is 17.6 Å². The Bertz CT molecular complexity index is 931. The second kappa shape index (κ2) is 5.25. The van der Waals surface area contributed by atoms with Gasteiger partial charge in [-0.2, -0.15) is 0 Å². The van der Waals surface area contributed by atoms with Gasteiger partial charge in [-0.1, -0.05) is 0 Å². The maximum atomic E-state index is 10.2. The van der Waals surface area contributed by atoms with Crippen LogP contribution in [0.1, 0.15) is 6.23 Å². The van der Waals surface area contributed by atoms with Crippen LogP contribution < -0.4 is 5.73 Å². The lowest BCUT2D eigenvalue weighted by Gasteiger charge is -2.17. The molecule has 9 nitrogen and oxygen atoms in total. The van der Waals surface area contributed by atoms with E-state index in [1.165, 1.54) is 6.33 Å². The third-order valence-corrected chi connectivity index (χ3v) is 4.04. The predicted octanol–water partition coefficient (Wildman–Crippen LogP) is 0.660. The highest BCUT2D eigenvalue weighted by molar-refractivity contribution is 5.99. The van der Waals surface area contributed by atoms with Crippen molar-refractivity contribution in [1.29, 1.82) is 0 Å². The molecule has 2 atom stereocenters. The van der Waals surface area contributed by atoms with Crippen LogP contribution in [0, 0.1) is 0 Å². The summed E-state index contributed by atoms with van der Waals surface area (Å²) in [6.07, 6.45) is 2.51. The molecular formula is C15H15N5O4. The highest BCUT2D eigenvalue weighted by Crippen LogP contribution is 2.38. The van der Waals surface area contributed by atoms with Gasteiger partial charge >= 0.3 is 0 Å². The van der Waals surface area contributed by atoms with Crippen LogP contribution in [0.2, 0.25) is 0 Å². The number of aliphatic hydroxyl groups is 3. The van der Waals surface area contributed by atoms with E-state index in [-0.39, 0.29) is 11.6 Å². The fourth-order valence-electron chi connectivity index (χ4n) is 2.90. The van der Waals surface area contributed by atoms with Crippen molar-refractivity contribution < 1.29 is 20.1 Å². The number of ether oxygens (including phenoxy) is 1. The maximum absolute atomic E-state index is 10.2. The minimum absolute atomic E-state index is 0.0715. The highest BCUT2D eigenvalue weighted by atomic mass is 16.5. The summed E-state index contributed by atoms with van der Waals surface area (Å²) in [7, 11) is 0. The number of H-pyrrole nitrogens is 1. The number of aromatic amines is 1. The normalized spacial score (nSPS) is 20.8. The summed E-state index contributed by atoms with van der Waals surface area (Å²) in [6, 6.07) is 3.71. The molecule has 3 aromatic heterocycles. The van der Waals surface area contributed by atoms with Crippen molar-refractivity contribution in [3.8, 4) is 11.3 Å². The lowest BCUT2D eigenvalue weighted by atomic mass is 10.2. The molecular weight excluding hydrogens is 314 g/mol. The van der Waals surface area contributed by atoms with Crippen LogP contribution in [0.5, 0.6) is 0 Å². The zero-order chi connectivity index (χ0) is 16.8. The van der Waals surface area contributed by atoms with Gasteiger partial charge in [-0.15, -0.1) is 0 Å². The number of nitrogens with two attached hydrogens (primary N) is 1. The monoisotopic (exact) mass is 329 g/mol. The minimum Gasteiger partial charge on any atom is -0.506 e. The van der Waals surface area contributed by atoms with Gasteiger partial charge in [-0.3, -0.25) is 4.57 Å². The van der Waals surface area contributed by atoms with Crippen LogP contribution in [0.3, 0.4) is 0 Å². The smallest absolute Gasteiger partial charge is 0.210 e. The van der Waals surface area contributed by atoms with E-state index in [0.29, 0.717) is 11.0 Å². The summed E-state index contributed by atoms with van der Waals surface area (Å²) in [5, 5.41) is 29.9. The van der Waals surface area contributed by atoms with Crippen LogP contribution in [-0.4, -0.2) is 47.5 Å². The average molecular weight is 329 g/mol. The Morgan fingerprint density at radius 2 is 2.21 bits per heavy atom. The molecule has 1 unspecified atom stereocenters. The third kappa shape index (κ3) is 1.95. The van der Waals surface area contributed by atoms with Crippen LogP contribution in [-0.2, 0) is 4.74 Å². The number of anilines is 1. The molecule has 0 aliphatic carbocycles. The summed E-state index contributed by atoms with van der Waals surface area (Å²) in [6.45, 7) is -0.515. The Hall–Kier alpha value is -3.04. The van der Waals surface area contributed by atoms with Crippen molar-refractivity contribution in [2.45, 2.75) is 12.3 Å². The first-order valence-electron chi connectivity index (χ1n) is 7.24. The Labute approximate surface area is 135 Å². The van der Waals surface area contributed by atoms with E-state index >= 15 is 0 Å². The number of fused-ring (bicyclic) bond motifs is 1. The van der Waals surface area contributed by atoms with E-state index in [1.54, 1.807) is 17.0 Å². The molecule has 0 radical (unpaired) electrons. The predicted molar refractivity (Wildman–Crippen MR) is 84.6 cm³/mol. The van der Waals surface area contributed by atoms with Crippen LogP contribution in [0.25, 0.3) is 22.3 Å². The van der Waals surface area contributed by atoms with E-state index in [9.17, 15) is 15.3 Å². The summed E-state index contributed by atoms with van der Waals surface area (Å²) < 4.78 is 7.04. The molecule has 24 heavy (non-hydrogen) atoms. The Kier molecular flexibility index (Phi) is 3.18. The van der Waals surface area contributed by atoms with Crippen molar-refractivity contribution in [1.82, 2.24) is 19.5 Å². The van der Waals surface area contributed by atoms with Gasteiger partial charge in [0.05, 0.1) is 5.39 Å². The fraction of sp³-hybridized carbons (Fsp3) is 0.200. The molecule has 3 aromatic rings. The highest BCUT2D eigenvalue weighted by Gasteiger charge is 2.38.